The average molecular weight is 180 g/mol. The molecule has 0 atom stereocenters. The molecule has 2 rings (SSSR count). The zero-order valence-corrected chi connectivity index (χ0v) is 6.26. The second-order valence-electron chi connectivity index (χ2n) is 2.38. The maximum Gasteiger partial charge on any atom is 0.313 e. The van der Waals surface area contributed by atoms with Gasteiger partial charge in [0.2, 0.25) is 5.75 Å². The standard InChI is InChI=1S/C6H4N4O3/c11-6-4(10(12)13)2-1-3-5(6)8-9-7-3/h1-2,11H,(H,7,8,9). The molecule has 0 bridgehead atoms. The number of H-pyrrole nitrogens is 1. The zero-order chi connectivity index (χ0) is 9.42. The predicted octanol–water partition coefficient (Wildman–Crippen LogP) is 0.572. The van der Waals surface area contributed by atoms with Crippen LogP contribution in [-0.2, 0) is 0 Å². The topological polar surface area (TPSA) is 105 Å². The van der Waals surface area contributed by atoms with Crippen molar-refractivity contribution in [3.8, 4) is 5.75 Å². The molecule has 7 nitrogen and oxygen atoms in total. The predicted molar refractivity (Wildman–Crippen MR) is 42.2 cm³/mol. The fourth-order valence-corrected chi connectivity index (χ4v) is 1.03. The van der Waals surface area contributed by atoms with Crippen molar-refractivity contribution in [3.63, 3.8) is 0 Å². The monoisotopic (exact) mass is 180 g/mol. The summed E-state index contributed by atoms with van der Waals surface area (Å²) in [7, 11) is 0. The largest absolute Gasteiger partial charge is 0.500 e. The van der Waals surface area contributed by atoms with Crippen LogP contribution in [0, 0.1) is 10.1 Å². The van der Waals surface area contributed by atoms with E-state index in [1.54, 1.807) is 0 Å². The quantitative estimate of drug-likeness (QED) is 0.493. The molecule has 0 unspecified atom stereocenters. The molecule has 2 aromatic rings. The van der Waals surface area contributed by atoms with Crippen LogP contribution in [0.4, 0.5) is 5.69 Å². The second kappa shape index (κ2) is 2.41. The van der Waals surface area contributed by atoms with Crippen molar-refractivity contribution in [2.75, 3.05) is 0 Å². The number of fused-ring (bicyclic) bond motifs is 1. The van der Waals surface area contributed by atoms with Gasteiger partial charge in [-0.05, 0) is 6.07 Å². The van der Waals surface area contributed by atoms with E-state index in [0.29, 0.717) is 5.52 Å². The number of hydrogen-bond donors (Lipinski definition) is 2. The minimum atomic E-state index is -0.677. The fraction of sp³-hybridized carbons (Fsp3) is 0. The number of phenols is 1. The summed E-state index contributed by atoms with van der Waals surface area (Å²) in [5.41, 5.74) is 0.124. The Labute approximate surface area is 71.1 Å². The van der Waals surface area contributed by atoms with Crippen LogP contribution >= 0.6 is 0 Å². The SMILES string of the molecule is O=[N+]([O-])c1ccc2n[nH]nc2c1O. The van der Waals surface area contributed by atoms with E-state index < -0.39 is 10.7 Å². The summed E-state index contributed by atoms with van der Waals surface area (Å²) < 4.78 is 0. The summed E-state index contributed by atoms with van der Waals surface area (Å²) in [5, 5.41) is 29.2. The van der Waals surface area contributed by atoms with Crippen molar-refractivity contribution in [1.29, 1.82) is 0 Å². The number of nitrogens with zero attached hydrogens (tertiary/aromatic N) is 3. The van der Waals surface area contributed by atoms with Gasteiger partial charge in [0.15, 0.2) is 5.52 Å². The summed E-state index contributed by atoms with van der Waals surface area (Å²) in [6, 6.07) is 2.59. The van der Waals surface area contributed by atoms with Gasteiger partial charge in [0.05, 0.1) is 4.92 Å². The van der Waals surface area contributed by atoms with Crippen molar-refractivity contribution in [3.05, 3.63) is 22.2 Å². The molecule has 1 heterocycles. The second-order valence-corrected chi connectivity index (χ2v) is 2.38. The van der Waals surface area contributed by atoms with E-state index in [0.717, 1.165) is 0 Å². The molecule has 66 valence electrons. The maximum absolute atomic E-state index is 10.4. The van der Waals surface area contributed by atoms with Crippen LogP contribution in [0.25, 0.3) is 11.0 Å². The first kappa shape index (κ1) is 7.47. The molecule has 0 spiro atoms. The van der Waals surface area contributed by atoms with Gasteiger partial charge >= 0.3 is 5.69 Å². The van der Waals surface area contributed by atoms with Gasteiger partial charge in [0.25, 0.3) is 0 Å². The van der Waals surface area contributed by atoms with Crippen LogP contribution in [0.3, 0.4) is 0 Å². The minimum Gasteiger partial charge on any atom is -0.500 e. The summed E-state index contributed by atoms with van der Waals surface area (Å²) in [4.78, 5) is 9.70. The Balaban J connectivity index is 2.80. The van der Waals surface area contributed by atoms with E-state index in [4.69, 9.17) is 0 Å². The van der Waals surface area contributed by atoms with Gasteiger partial charge in [-0.2, -0.15) is 15.4 Å². The molecule has 0 saturated heterocycles. The number of nitro benzene ring substituents is 1. The number of nitro groups is 1. The lowest BCUT2D eigenvalue weighted by atomic mass is 10.2. The Bertz CT molecular complexity index is 478. The van der Waals surface area contributed by atoms with Gasteiger partial charge < -0.3 is 5.11 Å². The van der Waals surface area contributed by atoms with Crippen LogP contribution in [0.2, 0.25) is 0 Å². The Morgan fingerprint density at radius 2 is 2.23 bits per heavy atom. The minimum absolute atomic E-state index is 0.106. The molecule has 2 N–H and O–H groups in total. The number of hydrogen-bond acceptors (Lipinski definition) is 5. The van der Waals surface area contributed by atoms with Gasteiger partial charge in [-0.15, -0.1) is 0 Å². The number of phenolic OH excluding ortho intramolecular Hbond substituents is 1. The molecule has 0 fully saturated rings. The lowest BCUT2D eigenvalue weighted by molar-refractivity contribution is -0.385. The van der Waals surface area contributed by atoms with E-state index >= 15 is 0 Å². The van der Waals surface area contributed by atoms with E-state index in [9.17, 15) is 15.2 Å². The van der Waals surface area contributed by atoms with Gasteiger partial charge in [-0.3, -0.25) is 10.1 Å². The lowest BCUT2D eigenvalue weighted by Gasteiger charge is -1.93. The Hall–Kier alpha value is -2.18. The molecular formula is C6H4N4O3. The summed E-state index contributed by atoms with van der Waals surface area (Å²) >= 11 is 0. The normalized spacial score (nSPS) is 10.5. The van der Waals surface area contributed by atoms with E-state index in [1.807, 2.05) is 0 Å². The van der Waals surface area contributed by atoms with Crippen molar-refractivity contribution < 1.29 is 10.0 Å². The molecule has 1 aromatic heterocycles. The van der Waals surface area contributed by atoms with E-state index in [2.05, 4.69) is 15.4 Å². The van der Waals surface area contributed by atoms with Crippen molar-refractivity contribution in [1.82, 2.24) is 15.4 Å². The molecule has 0 amide bonds. The third-order valence-corrected chi connectivity index (χ3v) is 1.64. The van der Waals surface area contributed by atoms with E-state index in [-0.39, 0.29) is 11.2 Å². The summed E-state index contributed by atoms with van der Waals surface area (Å²) in [6.07, 6.45) is 0. The average Bonchev–Trinajstić information content (AvgIpc) is 2.52. The molecule has 1 aromatic carbocycles. The highest BCUT2D eigenvalue weighted by atomic mass is 16.6. The van der Waals surface area contributed by atoms with Gasteiger partial charge in [0, 0.05) is 6.07 Å². The van der Waals surface area contributed by atoms with Crippen LogP contribution in [0.5, 0.6) is 5.75 Å². The number of nitrogens with one attached hydrogen (secondary N) is 1. The molecule has 0 saturated carbocycles. The molecule has 7 heteroatoms. The first-order valence-electron chi connectivity index (χ1n) is 3.37. The first-order chi connectivity index (χ1) is 6.20. The zero-order valence-electron chi connectivity index (χ0n) is 6.26. The van der Waals surface area contributed by atoms with Gasteiger partial charge in [0.1, 0.15) is 5.52 Å². The molecule has 0 aliphatic rings. The number of benzene rings is 1. The van der Waals surface area contributed by atoms with Crippen molar-refractivity contribution in [2.45, 2.75) is 0 Å². The number of rotatable bonds is 1. The Morgan fingerprint density at radius 3 is 2.92 bits per heavy atom. The molecule has 13 heavy (non-hydrogen) atoms. The van der Waals surface area contributed by atoms with Gasteiger partial charge in [-0.25, -0.2) is 0 Å². The number of aromatic nitrogens is 3. The molecule has 0 radical (unpaired) electrons. The molecule has 0 aliphatic heterocycles. The first-order valence-corrected chi connectivity index (χ1v) is 3.37. The maximum atomic E-state index is 10.4. The summed E-state index contributed by atoms with van der Waals surface area (Å²) in [6.45, 7) is 0. The summed E-state index contributed by atoms with van der Waals surface area (Å²) in [5.74, 6) is -0.462. The van der Waals surface area contributed by atoms with E-state index in [1.165, 1.54) is 12.1 Å². The fourth-order valence-electron chi connectivity index (χ4n) is 1.03. The molecular weight excluding hydrogens is 176 g/mol. The Kier molecular flexibility index (Phi) is 1.38. The van der Waals surface area contributed by atoms with Crippen LogP contribution in [-0.4, -0.2) is 25.4 Å². The molecule has 0 aliphatic carbocycles. The van der Waals surface area contributed by atoms with Crippen LogP contribution in [0.1, 0.15) is 0 Å². The van der Waals surface area contributed by atoms with Crippen molar-refractivity contribution in [2.24, 2.45) is 0 Å². The highest BCUT2D eigenvalue weighted by Crippen LogP contribution is 2.31. The van der Waals surface area contributed by atoms with Crippen LogP contribution in [0.15, 0.2) is 12.1 Å². The number of aromatic hydroxyl groups is 1. The third kappa shape index (κ3) is 0.975. The highest BCUT2D eigenvalue weighted by Gasteiger charge is 2.17. The highest BCUT2D eigenvalue weighted by molar-refractivity contribution is 5.84. The van der Waals surface area contributed by atoms with Crippen LogP contribution < -0.4 is 0 Å². The smallest absolute Gasteiger partial charge is 0.313 e. The third-order valence-electron chi connectivity index (χ3n) is 1.64. The Morgan fingerprint density at radius 1 is 1.46 bits per heavy atom. The van der Waals surface area contributed by atoms with Gasteiger partial charge in [-0.1, -0.05) is 0 Å². The van der Waals surface area contributed by atoms with Crippen molar-refractivity contribution >= 4 is 16.7 Å². The lowest BCUT2D eigenvalue weighted by Crippen LogP contribution is -1.88. The number of aromatic amines is 1.